The largest absolute Gasteiger partial charge is 0.493 e. The van der Waals surface area contributed by atoms with Crippen LogP contribution in [0, 0.1) is 5.92 Å². The Morgan fingerprint density at radius 1 is 1.12 bits per heavy atom. The number of hydrogen-bond acceptors (Lipinski definition) is 4. The van der Waals surface area contributed by atoms with E-state index in [2.05, 4.69) is 19.2 Å². The van der Waals surface area contributed by atoms with Gasteiger partial charge in [0.15, 0.2) is 0 Å². The first kappa shape index (κ1) is 22.0. The Kier molecular flexibility index (Phi) is 9.13. The molecule has 0 aromatic heterocycles. The van der Waals surface area contributed by atoms with E-state index in [0.717, 1.165) is 17.4 Å². The summed E-state index contributed by atoms with van der Waals surface area (Å²) in [4.78, 5) is 24.1. The van der Waals surface area contributed by atoms with Crippen LogP contribution in [0.2, 0.25) is 0 Å². The van der Waals surface area contributed by atoms with Crippen molar-refractivity contribution in [1.29, 1.82) is 0 Å². The zero-order chi connectivity index (χ0) is 19.6. The SMILES string of the molecule is CC(C)CCOc1ccccc1C(=O)NCCC(=O)OCC[N+](C)(C)C. The lowest BCUT2D eigenvalue weighted by Gasteiger charge is -2.23. The molecule has 0 fully saturated rings. The molecule has 0 spiro atoms. The lowest BCUT2D eigenvalue weighted by Crippen LogP contribution is -2.38. The van der Waals surface area contributed by atoms with Crippen LogP contribution in [0.5, 0.6) is 5.75 Å². The van der Waals surface area contributed by atoms with E-state index in [-0.39, 0.29) is 24.8 Å². The predicted molar refractivity (Wildman–Crippen MR) is 102 cm³/mol. The number of esters is 1. The molecule has 0 aliphatic rings. The highest BCUT2D eigenvalue weighted by Gasteiger charge is 2.13. The number of nitrogens with one attached hydrogen (secondary N) is 1. The second-order valence-corrected chi connectivity index (χ2v) is 7.77. The smallest absolute Gasteiger partial charge is 0.307 e. The molecular weight excluding hydrogens is 332 g/mol. The Balaban J connectivity index is 2.40. The van der Waals surface area contributed by atoms with Crippen LogP contribution in [0.4, 0.5) is 0 Å². The number of carbonyl (C=O) groups is 2. The summed E-state index contributed by atoms with van der Waals surface area (Å²) >= 11 is 0. The summed E-state index contributed by atoms with van der Waals surface area (Å²) in [5.74, 6) is 0.555. The quantitative estimate of drug-likeness (QED) is 0.483. The first-order chi connectivity index (χ1) is 12.2. The van der Waals surface area contributed by atoms with Gasteiger partial charge in [0.1, 0.15) is 18.9 Å². The van der Waals surface area contributed by atoms with E-state index >= 15 is 0 Å². The Morgan fingerprint density at radius 2 is 1.81 bits per heavy atom. The Labute approximate surface area is 157 Å². The van der Waals surface area contributed by atoms with Crippen molar-refractivity contribution >= 4 is 11.9 Å². The van der Waals surface area contributed by atoms with Gasteiger partial charge in [-0.2, -0.15) is 0 Å². The fourth-order valence-corrected chi connectivity index (χ4v) is 2.06. The number of ether oxygens (including phenoxy) is 2. The molecule has 0 heterocycles. The molecule has 0 aliphatic carbocycles. The normalized spacial score (nSPS) is 11.3. The molecule has 0 bridgehead atoms. The van der Waals surface area contributed by atoms with Gasteiger partial charge in [0.25, 0.3) is 5.91 Å². The first-order valence-corrected chi connectivity index (χ1v) is 9.15. The number of para-hydroxylation sites is 1. The lowest BCUT2D eigenvalue weighted by atomic mass is 10.1. The molecule has 0 saturated carbocycles. The fraction of sp³-hybridized carbons (Fsp3) is 0.600. The highest BCUT2D eigenvalue weighted by atomic mass is 16.5. The van der Waals surface area contributed by atoms with E-state index < -0.39 is 0 Å². The number of carbonyl (C=O) groups excluding carboxylic acids is 2. The monoisotopic (exact) mass is 365 g/mol. The van der Waals surface area contributed by atoms with Crippen LogP contribution in [0.25, 0.3) is 0 Å². The minimum absolute atomic E-state index is 0.152. The van der Waals surface area contributed by atoms with Gasteiger partial charge < -0.3 is 19.3 Å². The third-order valence-electron chi connectivity index (χ3n) is 3.72. The van der Waals surface area contributed by atoms with Gasteiger partial charge in [-0.25, -0.2) is 0 Å². The number of quaternary nitrogens is 1. The number of amides is 1. The number of hydrogen-bond donors (Lipinski definition) is 1. The zero-order valence-electron chi connectivity index (χ0n) is 16.7. The van der Waals surface area contributed by atoms with Crippen LogP contribution in [0.3, 0.4) is 0 Å². The van der Waals surface area contributed by atoms with Crippen molar-refractivity contribution in [3.8, 4) is 5.75 Å². The number of likely N-dealkylation sites (N-methyl/N-ethyl adjacent to an activating group) is 1. The second-order valence-electron chi connectivity index (χ2n) is 7.77. The maximum atomic E-state index is 12.3. The molecule has 146 valence electrons. The van der Waals surface area contributed by atoms with E-state index in [1.807, 2.05) is 27.2 Å². The second kappa shape index (κ2) is 10.8. The maximum Gasteiger partial charge on any atom is 0.307 e. The molecule has 1 N–H and O–H groups in total. The predicted octanol–water partition coefficient (Wildman–Crippen LogP) is 2.48. The maximum absolute atomic E-state index is 12.3. The number of benzene rings is 1. The summed E-state index contributed by atoms with van der Waals surface area (Å²) in [6, 6.07) is 7.14. The van der Waals surface area contributed by atoms with Crippen molar-refractivity contribution in [2.24, 2.45) is 5.92 Å². The first-order valence-electron chi connectivity index (χ1n) is 9.15. The highest BCUT2D eigenvalue weighted by molar-refractivity contribution is 5.97. The Bertz CT molecular complexity index is 579. The van der Waals surface area contributed by atoms with Crippen molar-refractivity contribution in [3.05, 3.63) is 29.8 Å². The van der Waals surface area contributed by atoms with Gasteiger partial charge in [0.2, 0.25) is 0 Å². The van der Waals surface area contributed by atoms with Gasteiger partial charge in [-0.15, -0.1) is 0 Å². The van der Waals surface area contributed by atoms with Crippen LogP contribution in [-0.4, -0.2) is 63.8 Å². The van der Waals surface area contributed by atoms with E-state index in [4.69, 9.17) is 9.47 Å². The molecule has 26 heavy (non-hydrogen) atoms. The molecule has 6 nitrogen and oxygen atoms in total. The van der Waals surface area contributed by atoms with E-state index in [9.17, 15) is 9.59 Å². The molecule has 0 atom stereocenters. The summed E-state index contributed by atoms with van der Waals surface area (Å²) in [7, 11) is 6.11. The molecule has 0 saturated heterocycles. The van der Waals surface area contributed by atoms with E-state index in [1.54, 1.807) is 18.2 Å². The van der Waals surface area contributed by atoms with Crippen molar-refractivity contribution < 1.29 is 23.5 Å². The van der Waals surface area contributed by atoms with E-state index in [1.165, 1.54) is 0 Å². The van der Waals surface area contributed by atoms with Crippen molar-refractivity contribution in [1.82, 2.24) is 5.32 Å². The average Bonchev–Trinajstić information content (AvgIpc) is 2.53. The van der Waals surface area contributed by atoms with Gasteiger partial charge in [-0.05, 0) is 24.5 Å². The minimum Gasteiger partial charge on any atom is -0.493 e. The van der Waals surface area contributed by atoms with Gasteiger partial charge in [0, 0.05) is 6.54 Å². The summed E-state index contributed by atoms with van der Waals surface area (Å²) in [5, 5.41) is 2.75. The Morgan fingerprint density at radius 3 is 2.46 bits per heavy atom. The molecule has 0 unspecified atom stereocenters. The summed E-state index contributed by atoms with van der Waals surface area (Å²) in [6.45, 7) is 6.19. The summed E-state index contributed by atoms with van der Waals surface area (Å²) in [6.07, 6.45) is 1.08. The molecule has 1 aromatic rings. The number of nitrogens with zero attached hydrogens (tertiary/aromatic N) is 1. The van der Waals surface area contributed by atoms with Crippen molar-refractivity contribution in [2.45, 2.75) is 26.7 Å². The molecular formula is C20H33N2O4+. The minimum atomic E-state index is -0.305. The average molecular weight is 365 g/mol. The summed E-state index contributed by atoms with van der Waals surface area (Å²) in [5.41, 5.74) is 0.481. The van der Waals surface area contributed by atoms with Gasteiger partial charge in [0.05, 0.1) is 39.7 Å². The van der Waals surface area contributed by atoms with Crippen LogP contribution < -0.4 is 10.1 Å². The summed E-state index contributed by atoms with van der Waals surface area (Å²) < 4.78 is 11.6. The molecule has 1 aromatic carbocycles. The van der Waals surface area contributed by atoms with Gasteiger partial charge in [-0.3, -0.25) is 9.59 Å². The lowest BCUT2D eigenvalue weighted by molar-refractivity contribution is -0.870. The third kappa shape index (κ3) is 9.42. The van der Waals surface area contributed by atoms with Crippen LogP contribution in [0.1, 0.15) is 37.0 Å². The van der Waals surface area contributed by atoms with Crippen LogP contribution in [0.15, 0.2) is 24.3 Å². The topological polar surface area (TPSA) is 64.6 Å². The number of rotatable bonds is 11. The Hall–Kier alpha value is -2.08. The van der Waals surface area contributed by atoms with E-state index in [0.29, 0.717) is 30.4 Å². The van der Waals surface area contributed by atoms with Crippen LogP contribution in [-0.2, 0) is 9.53 Å². The molecule has 1 rings (SSSR count). The molecule has 0 radical (unpaired) electrons. The van der Waals surface area contributed by atoms with Gasteiger partial charge in [-0.1, -0.05) is 26.0 Å². The highest BCUT2D eigenvalue weighted by Crippen LogP contribution is 2.18. The zero-order valence-corrected chi connectivity index (χ0v) is 16.7. The third-order valence-corrected chi connectivity index (χ3v) is 3.72. The standard InChI is InChI=1S/C20H32N2O4/c1-16(2)11-14-25-18-9-7-6-8-17(18)20(24)21-12-10-19(23)26-15-13-22(3,4)5/h6-9,16H,10-15H2,1-5H3/p+1. The van der Waals surface area contributed by atoms with Crippen molar-refractivity contribution in [2.75, 3.05) is 47.4 Å². The molecule has 1 amide bonds. The fourth-order valence-electron chi connectivity index (χ4n) is 2.06. The van der Waals surface area contributed by atoms with Gasteiger partial charge >= 0.3 is 5.97 Å². The van der Waals surface area contributed by atoms with Crippen LogP contribution >= 0.6 is 0 Å². The van der Waals surface area contributed by atoms with Crippen molar-refractivity contribution in [3.63, 3.8) is 0 Å². The molecule has 0 aliphatic heterocycles. The molecule has 6 heteroatoms.